The van der Waals surface area contributed by atoms with E-state index >= 15 is 0 Å². The SMILES string of the molecule is c1ccc(-c2cccc3cccc(-c4ccccc4N(c4cccc(-c5cccc6sc7ccccc7c56)c4)c4ccccc4-c4cccc5c4oc4ccccc45)c23)cc1. The van der Waals surface area contributed by atoms with Crippen LogP contribution in [0.5, 0.6) is 0 Å². The number of nitrogens with zero attached hydrogens (tertiary/aromatic N) is 1. The van der Waals surface area contributed by atoms with Crippen LogP contribution in [-0.2, 0) is 0 Å². The van der Waals surface area contributed by atoms with Crippen LogP contribution < -0.4 is 4.90 Å². The van der Waals surface area contributed by atoms with Crippen molar-refractivity contribution in [1.29, 1.82) is 0 Å². The van der Waals surface area contributed by atoms with Crippen LogP contribution in [0.3, 0.4) is 0 Å². The molecule has 12 rings (SSSR count). The summed E-state index contributed by atoms with van der Waals surface area (Å²) in [5.41, 5.74) is 14.2. The van der Waals surface area contributed by atoms with Crippen LogP contribution in [0.2, 0.25) is 0 Å². The van der Waals surface area contributed by atoms with Crippen LogP contribution in [0.1, 0.15) is 0 Å². The fraction of sp³-hybridized carbons (Fsp3) is 0. The van der Waals surface area contributed by atoms with Gasteiger partial charge in [0, 0.05) is 53.3 Å². The molecule has 0 radical (unpaired) electrons. The zero-order valence-corrected chi connectivity index (χ0v) is 33.9. The van der Waals surface area contributed by atoms with Crippen molar-refractivity contribution in [3.8, 4) is 44.5 Å². The highest BCUT2D eigenvalue weighted by Gasteiger charge is 2.24. The number of fused-ring (bicyclic) bond motifs is 7. The lowest BCUT2D eigenvalue weighted by Crippen LogP contribution is -2.12. The first-order valence-electron chi connectivity index (χ1n) is 20.8. The first kappa shape index (κ1) is 35.2. The lowest BCUT2D eigenvalue weighted by atomic mass is 9.90. The average molecular weight is 796 g/mol. The molecule has 0 spiro atoms. The summed E-state index contributed by atoms with van der Waals surface area (Å²) in [6, 6.07) is 81.2. The Labute approximate surface area is 357 Å². The molecule has 0 bridgehead atoms. The first-order chi connectivity index (χ1) is 30.3. The molecule has 10 aromatic carbocycles. The maximum Gasteiger partial charge on any atom is 0.143 e. The highest BCUT2D eigenvalue weighted by Crippen LogP contribution is 2.49. The maximum atomic E-state index is 6.71. The van der Waals surface area contributed by atoms with Crippen molar-refractivity contribution in [1.82, 2.24) is 0 Å². The summed E-state index contributed by atoms with van der Waals surface area (Å²) in [7, 11) is 0. The van der Waals surface area contributed by atoms with Gasteiger partial charge in [0.05, 0.1) is 11.4 Å². The normalized spacial score (nSPS) is 11.6. The van der Waals surface area contributed by atoms with Gasteiger partial charge in [0.1, 0.15) is 11.2 Å². The second-order valence-electron chi connectivity index (χ2n) is 15.6. The lowest BCUT2D eigenvalue weighted by Gasteiger charge is -2.30. The monoisotopic (exact) mass is 795 g/mol. The number of anilines is 3. The van der Waals surface area contributed by atoms with E-state index in [1.165, 1.54) is 58.8 Å². The molecular formula is C58H37NOS. The van der Waals surface area contributed by atoms with Crippen molar-refractivity contribution >= 4 is 81.3 Å². The van der Waals surface area contributed by atoms with Crippen LogP contribution in [0, 0.1) is 0 Å². The van der Waals surface area contributed by atoms with Crippen LogP contribution in [0.25, 0.3) is 97.4 Å². The molecule has 0 atom stereocenters. The third-order valence-corrected chi connectivity index (χ3v) is 13.2. The Morgan fingerprint density at radius 2 is 0.885 bits per heavy atom. The summed E-state index contributed by atoms with van der Waals surface area (Å²) in [5.74, 6) is 0. The van der Waals surface area contributed by atoms with Crippen molar-refractivity contribution in [3.05, 3.63) is 224 Å². The summed E-state index contributed by atoms with van der Waals surface area (Å²) in [6.07, 6.45) is 0. The molecular weight excluding hydrogens is 759 g/mol. The Morgan fingerprint density at radius 1 is 0.344 bits per heavy atom. The molecule has 0 amide bonds. The first-order valence-corrected chi connectivity index (χ1v) is 21.6. The third-order valence-electron chi connectivity index (χ3n) is 12.1. The molecule has 0 saturated heterocycles. The predicted octanol–water partition coefficient (Wildman–Crippen LogP) is 17.2. The minimum Gasteiger partial charge on any atom is -0.455 e. The molecule has 0 aliphatic rings. The van der Waals surface area contributed by atoms with E-state index in [1.54, 1.807) is 0 Å². The van der Waals surface area contributed by atoms with E-state index in [9.17, 15) is 0 Å². The fourth-order valence-electron chi connectivity index (χ4n) is 9.41. The van der Waals surface area contributed by atoms with Gasteiger partial charge >= 0.3 is 0 Å². The quantitative estimate of drug-likeness (QED) is 0.160. The molecule has 0 N–H and O–H groups in total. The number of rotatable bonds is 7. The Hall–Kier alpha value is -7.72. The number of furan rings is 1. The number of benzene rings is 10. The van der Waals surface area contributed by atoms with Gasteiger partial charge in [-0.25, -0.2) is 0 Å². The molecule has 0 saturated carbocycles. The van der Waals surface area contributed by atoms with E-state index in [-0.39, 0.29) is 0 Å². The van der Waals surface area contributed by atoms with Gasteiger partial charge in [-0.3, -0.25) is 0 Å². The lowest BCUT2D eigenvalue weighted by molar-refractivity contribution is 0.670. The standard InChI is InChI=1S/C58H37NOS/c1-2-17-38(18-3-1)42-27-13-19-39-20-14-29-47(56(39)42)44-23-4-8-32-51(44)59(41-22-12-21-40(37-41)43-28-16-36-55-57(43)50-26-7-11-35-54(50)61-55)52-33-9-5-24-45(52)48-30-15-31-49-46-25-6-10-34-53(46)60-58(48)49/h1-37H. The van der Waals surface area contributed by atoms with Gasteiger partial charge < -0.3 is 9.32 Å². The molecule has 12 aromatic rings. The number of para-hydroxylation sites is 4. The second kappa shape index (κ2) is 14.5. The van der Waals surface area contributed by atoms with Crippen molar-refractivity contribution in [3.63, 3.8) is 0 Å². The summed E-state index contributed by atoms with van der Waals surface area (Å²) < 4.78 is 9.30. The van der Waals surface area contributed by atoms with E-state index in [0.29, 0.717) is 0 Å². The third kappa shape index (κ3) is 5.85. The largest absolute Gasteiger partial charge is 0.455 e. The molecule has 2 aromatic heterocycles. The maximum absolute atomic E-state index is 6.71. The van der Waals surface area contributed by atoms with Gasteiger partial charge in [-0.1, -0.05) is 182 Å². The van der Waals surface area contributed by atoms with Crippen LogP contribution in [0.4, 0.5) is 17.1 Å². The van der Waals surface area contributed by atoms with Crippen molar-refractivity contribution in [2.24, 2.45) is 0 Å². The van der Waals surface area contributed by atoms with Crippen LogP contribution >= 0.6 is 11.3 Å². The molecule has 3 heteroatoms. The highest BCUT2D eigenvalue weighted by atomic mass is 32.1. The zero-order valence-electron chi connectivity index (χ0n) is 33.1. The molecule has 0 fully saturated rings. The van der Waals surface area contributed by atoms with Gasteiger partial charge in [0.25, 0.3) is 0 Å². The Kier molecular flexibility index (Phi) is 8.39. The minimum atomic E-state index is 0.885. The van der Waals surface area contributed by atoms with E-state index in [4.69, 9.17) is 4.42 Å². The van der Waals surface area contributed by atoms with E-state index in [1.807, 2.05) is 17.4 Å². The van der Waals surface area contributed by atoms with Crippen LogP contribution in [-0.4, -0.2) is 0 Å². The van der Waals surface area contributed by atoms with Crippen molar-refractivity contribution in [2.75, 3.05) is 4.90 Å². The molecule has 2 heterocycles. The fourth-order valence-corrected chi connectivity index (χ4v) is 10.5. The zero-order chi connectivity index (χ0) is 40.3. The molecule has 2 nitrogen and oxygen atoms in total. The Balaban J connectivity index is 1.13. The van der Waals surface area contributed by atoms with E-state index in [0.717, 1.165) is 55.7 Å². The van der Waals surface area contributed by atoms with Gasteiger partial charge in [-0.15, -0.1) is 11.3 Å². The smallest absolute Gasteiger partial charge is 0.143 e. The molecule has 0 aliphatic heterocycles. The minimum absolute atomic E-state index is 0.885. The average Bonchev–Trinajstić information content (AvgIpc) is 3.91. The van der Waals surface area contributed by atoms with E-state index in [2.05, 4.69) is 223 Å². The summed E-state index contributed by atoms with van der Waals surface area (Å²) >= 11 is 1.86. The van der Waals surface area contributed by atoms with Crippen molar-refractivity contribution in [2.45, 2.75) is 0 Å². The number of hydrogen-bond acceptors (Lipinski definition) is 3. The molecule has 61 heavy (non-hydrogen) atoms. The van der Waals surface area contributed by atoms with Gasteiger partial charge in [0.15, 0.2) is 0 Å². The Morgan fingerprint density at radius 3 is 1.70 bits per heavy atom. The van der Waals surface area contributed by atoms with Gasteiger partial charge in [-0.05, 0) is 81.1 Å². The topological polar surface area (TPSA) is 16.4 Å². The summed E-state index contributed by atoms with van der Waals surface area (Å²) in [5, 5.41) is 7.25. The van der Waals surface area contributed by atoms with Gasteiger partial charge in [-0.2, -0.15) is 0 Å². The van der Waals surface area contributed by atoms with E-state index < -0.39 is 0 Å². The summed E-state index contributed by atoms with van der Waals surface area (Å²) in [6.45, 7) is 0. The predicted molar refractivity (Wildman–Crippen MR) is 261 cm³/mol. The summed E-state index contributed by atoms with van der Waals surface area (Å²) in [4.78, 5) is 2.46. The number of thiophene rings is 1. The second-order valence-corrected chi connectivity index (χ2v) is 16.6. The molecule has 286 valence electrons. The van der Waals surface area contributed by atoms with Gasteiger partial charge in [0.2, 0.25) is 0 Å². The van der Waals surface area contributed by atoms with Crippen molar-refractivity contribution < 1.29 is 4.42 Å². The Bertz CT molecular complexity index is 3610. The molecule has 0 aliphatic carbocycles. The molecule has 0 unspecified atom stereocenters. The number of hydrogen-bond donors (Lipinski definition) is 0. The van der Waals surface area contributed by atoms with Crippen LogP contribution in [0.15, 0.2) is 229 Å². The highest BCUT2D eigenvalue weighted by molar-refractivity contribution is 7.25.